The molecule has 1 fully saturated rings. The van der Waals surface area contributed by atoms with Crippen LogP contribution in [0.2, 0.25) is 0 Å². The fourth-order valence-electron chi connectivity index (χ4n) is 2.95. The van der Waals surface area contributed by atoms with E-state index in [2.05, 4.69) is 0 Å². The highest BCUT2D eigenvalue weighted by Gasteiger charge is 2.40. The highest BCUT2D eigenvalue weighted by atomic mass is 16.5. The molecule has 1 heterocycles. The second-order valence-corrected chi connectivity index (χ2v) is 5.62. The zero-order chi connectivity index (χ0) is 15.7. The molecule has 5 nitrogen and oxygen atoms in total. The Morgan fingerprint density at radius 3 is 2.45 bits per heavy atom. The Bertz CT molecular complexity index is 657. The van der Waals surface area contributed by atoms with Gasteiger partial charge in [0.2, 0.25) is 0 Å². The maximum Gasteiger partial charge on any atom is 0.125 e. The van der Waals surface area contributed by atoms with E-state index in [0.717, 1.165) is 10.8 Å². The van der Waals surface area contributed by atoms with Crippen LogP contribution in [0.4, 0.5) is 0 Å². The number of aliphatic hydroxyl groups is 3. The Balaban J connectivity index is 2.01. The summed E-state index contributed by atoms with van der Waals surface area (Å²) in [5, 5.41) is 31.7. The summed E-state index contributed by atoms with van der Waals surface area (Å²) in [5.41, 5.74) is 0.698. The van der Waals surface area contributed by atoms with Crippen LogP contribution in [0.25, 0.3) is 10.8 Å². The summed E-state index contributed by atoms with van der Waals surface area (Å²) >= 11 is 0. The number of rotatable bonds is 3. The van der Waals surface area contributed by atoms with Crippen LogP contribution in [-0.2, 0) is 4.74 Å². The molecule has 0 radical (unpaired) electrons. The molecule has 0 amide bonds. The zero-order valence-electron chi connectivity index (χ0n) is 12.3. The molecule has 3 rings (SSSR count). The number of methoxy groups -OCH3 is 1. The Morgan fingerprint density at radius 1 is 1.14 bits per heavy atom. The van der Waals surface area contributed by atoms with E-state index >= 15 is 0 Å². The first-order valence-corrected chi connectivity index (χ1v) is 7.31. The summed E-state index contributed by atoms with van der Waals surface area (Å²) < 4.78 is 11.1. The monoisotopic (exact) mass is 304 g/mol. The summed E-state index contributed by atoms with van der Waals surface area (Å²) in [6, 6.07) is 11.6. The normalized spacial score (nSPS) is 28.7. The van der Waals surface area contributed by atoms with Gasteiger partial charge in [-0.3, -0.25) is 0 Å². The molecule has 1 saturated heterocycles. The summed E-state index contributed by atoms with van der Waals surface area (Å²) in [6.45, 7) is -0.0326. The Morgan fingerprint density at radius 2 is 1.82 bits per heavy atom. The minimum Gasteiger partial charge on any atom is -0.496 e. The lowest BCUT2D eigenvalue weighted by Gasteiger charge is -2.37. The van der Waals surface area contributed by atoms with Gasteiger partial charge in [0.1, 0.15) is 18.0 Å². The van der Waals surface area contributed by atoms with E-state index in [1.54, 1.807) is 7.11 Å². The summed E-state index contributed by atoms with van der Waals surface area (Å²) in [6.07, 6.45) is -2.82. The van der Waals surface area contributed by atoms with Gasteiger partial charge in [-0.2, -0.15) is 0 Å². The topological polar surface area (TPSA) is 79.2 Å². The predicted molar refractivity (Wildman–Crippen MR) is 81.8 cm³/mol. The van der Waals surface area contributed by atoms with Crippen molar-refractivity contribution in [2.24, 2.45) is 5.92 Å². The van der Waals surface area contributed by atoms with Crippen LogP contribution in [0.5, 0.6) is 5.75 Å². The molecule has 0 saturated carbocycles. The van der Waals surface area contributed by atoms with Crippen molar-refractivity contribution in [3.05, 3.63) is 42.0 Å². The van der Waals surface area contributed by atoms with Crippen molar-refractivity contribution in [1.82, 2.24) is 0 Å². The number of hydrogen-bond acceptors (Lipinski definition) is 5. The van der Waals surface area contributed by atoms with Crippen LogP contribution in [0.1, 0.15) is 11.7 Å². The van der Waals surface area contributed by atoms with Gasteiger partial charge in [-0.05, 0) is 22.9 Å². The van der Waals surface area contributed by atoms with Gasteiger partial charge in [0.25, 0.3) is 0 Å². The van der Waals surface area contributed by atoms with Crippen molar-refractivity contribution in [3.63, 3.8) is 0 Å². The van der Waals surface area contributed by atoms with Crippen LogP contribution >= 0.6 is 0 Å². The van der Waals surface area contributed by atoms with E-state index in [0.29, 0.717) is 11.3 Å². The molecule has 4 atom stereocenters. The smallest absolute Gasteiger partial charge is 0.125 e. The Labute approximate surface area is 128 Å². The third-order valence-corrected chi connectivity index (χ3v) is 4.27. The van der Waals surface area contributed by atoms with Crippen molar-refractivity contribution < 1.29 is 24.8 Å². The van der Waals surface area contributed by atoms with Gasteiger partial charge in [0.05, 0.1) is 26.4 Å². The molecule has 1 aliphatic rings. The molecule has 3 N–H and O–H groups in total. The first kappa shape index (κ1) is 15.2. The molecular formula is C17H20O5. The predicted octanol–water partition coefficient (Wildman–Crippen LogP) is 1.25. The average molecular weight is 304 g/mol. The van der Waals surface area contributed by atoms with Crippen molar-refractivity contribution in [2.45, 2.75) is 18.3 Å². The lowest BCUT2D eigenvalue weighted by Crippen LogP contribution is -2.47. The maximum atomic E-state index is 10.3. The molecular weight excluding hydrogens is 284 g/mol. The van der Waals surface area contributed by atoms with Crippen molar-refractivity contribution in [3.8, 4) is 5.75 Å². The second-order valence-electron chi connectivity index (χ2n) is 5.62. The highest BCUT2D eigenvalue weighted by Crippen LogP contribution is 2.38. The van der Waals surface area contributed by atoms with Crippen LogP contribution in [-0.4, -0.2) is 47.9 Å². The first-order valence-electron chi connectivity index (χ1n) is 7.31. The molecule has 0 bridgehead atoms. The largest absolute Gasteiger partial charge is 0.496 e. The zero-order valence-corrected chi connectivity index (χ0v) is 12.3. The van der Waals surface area contributed by atoms with Gasteiger partial charge in [0, 0.05) is 11.5 Å². The fraction of sp³-hybridized carbons (Fsp3) is 0.412. The number of hydrogen-bond donors (Lipinski definition) is 3. The fourth-order valence-corrected chi connectivity index (χ4v) is 2.95. The summed E-state index contributed by atoms with van der Waals surface area (Å²) in [4.78, 5) is 0. The molecule has 1 unspecified atom stereocenters. The summed E-state index contributed by atoms with van der Waals surface area (Å²) in [5.74, 6) is 0.134. The number of benzene rings is 2. The standard InChI is InChI=1S/C17H20O5/c1-21-14-7-11-5-3-2-4-10(11)6-13(14)17-16(20)15(19)12(8-18)9-22-17/h2-7,12,15-20H,8-9H2,1H3/t12-,15-,16?,17-/m0/s1. The van der Waals surface area contributed by atoms with Crippen molar-refractivity contribution in [1.29, 1.82) is 0 Å². The van der Waals surface area contributed by atoms with Gasteiger partial charge in [-0.1, -0.05) is 24.3 Å². The van der Waals surface area contributed by atoms with Gasteiger partial charge < -0.3 is 24.8 Å². The van der Waals surface area contributed by atoms with E-state index < -0.39 is 24.2 Å². The molecule has 0 aliphatic carbocycles. The molecule has 118 valence electrons. The minimum atomic E-state index is -1.11. The highest BCUT2D eigenvalue weighted by molar-refractivity contribution is 5.85. The molecule has 0 spiro atoms. The van der Waals surface area contributed by atoms with E-state index in [1.807, 2.05) is 36.4 Å². The quantitative estimate of drug-likeness (QED) is 0.795. The SMILES string of the molecule is COc1cc2ccccc2cc1[C@@H]1OC[C@H](CO)[C@H](O)C1O. The lowest BCUT2D eigenvalue weighted by atomic mass is 9.88. The van der Waals surface area contributed by atoms with E-state index in [1.165, 1.54) is 0 Å². The van der Waals surface area contributed by atoms with Crippen LogP contribution in [0.3, 0.4) is 0 Å². The van der Waals surface area contributed by atoms with Crippen LogP contribution < -0.4 is 4.74 Å². The van der Waals surface area contributed by atoms with Crippen molar-refractivity contribution >= 4 is 10.8 Å². The summed E-state index contributed by atoms with van der Waals surface area (Å²) in [7, 11) is 1.57. The van der Waals surface area contributed by atoms with E-state index in [4.69, 9.17) is 9.47 Å². The Kier molecular flexibility index (Phi) is 4.31. The minimum absolute atomic E-state index is 0.190. The molecule has 22 heavy (non-hydrogen) atoms. The van der Waals surface area contributed by atoms with Gasteiger partial charge in [-0.25, -0.2) is 0 Å². The number of ether oxygens (including phenoxy) is 2. The Hall–Kier alpha value is -1.66. The molecule has 2 aromatic rings. The molecule has 0 aromatic heterocycles. The number of fused-ring (bicyclic) bond motifs is 1. The molecule has 1 aliphatic heterocycles. The van der Waals surface area contributed by atoms with E-state index in [-0.39, 0.29) is 13.2 Å². The van der Waals surface area contributed by atoms with Gasteiger partial charge >= 0.3 is 0 Å². The van der Waals surface area contributed by atoms with Gasteiger partial charge in [-0.15, -0.1) is 0 Å². The van der Waals surface area contributed by atoms with E-state index in [9.17, 15) is 15.3 Å². The second kappa shape index (κ2) is 6.22. The number of aliphatic hydroxyl groups excluding tert-OH is 3. The molecule has 5 heteroatoms. The van der Waals surface area contributed by atoms with Crippen LogP contribution in [0, 0.1) is 5.92 Å². The van der Waals surface area contributed by atoms with Crippen LogP contribution in [0.15, 0.2) is 36.4 Å². The molecule has 2 aromatic carbocycles. The lowest BCUT2D eigenvalue weighted by molar-refractivity contribution is -0.173. The van der Waals surface area contributed by atoms with Crippen molar-refractivity contribution in [2.75, 3.05) is 20.3 Å². The third kappa shape index (κ3) is 2.57. The van der Waals surface area contributed by atoms with Gasteiger partial charge in [0.15, 0.2) is 0 Å². The average Bonchev–Trinajstić information content (AvgIpc) is 2.56. The third-order valence-electron chi connectivity index (χ3n) is 4.27. The first-order chi connectivity index (χ1) is 10.7. The maximum absolute atomic E-state index is 10.3.